The summed E-state index contributed by atoms with van der Waals surface area (Å²) in [5.41, 5.74) is 5.46. The third kappa shape index (κ3) is 1.66. The minimum absolute atomic E-state index is 0.0289. The van der Waals surface area contributed by atoms with E-state index in [1.165, 1.54) is 12.8 Å². The molecule has 1 amide bonds. The highest BCUT2D eigenvalue weighted by Gasteiger charge is 2.52. The van der Waals surface area contributed by atoms with Crippen molar-refractivity contribution in [1.82, 2.24) is 5.32 Å². The van der Waals surface area contributed by atoms with Crippen molar-refractivity contribution in [1.29, 1.82) is 0 Å². The van der Waals surface area contributed by atoms with Gasteiger partial charge < -0.3 is 15.8 Å². The van der Waals surface area contributed by atoms with Gasteiger partial charge in [0.1, 0.15) is 0 Å². The van der Waals surface area contributed by atoms with Gasteiger partial charge in [-0.2, -0.15) is 0 Å². The van der Waals surface area contributed by atoms with Gasteiger partial charge in [0.25, 0.3) is 0 Å². The summed E-state index contributed by atoms with van der Waals surface area (Å²) in [4.78, 5) is 11.5. The molecule has 0 aromatic rings. The van der Waals surface area contributed by atoms with Gasteiger partial charge in [0.2, 0.25) is 5.91 Å². The van der Waals surface area contributed by atoms with Gasteiger partial charge in [0.15, 0.2) is 0 Å². The Balaban J connectivity index is 2.24. The van der Waals surface area contributed by atoms with E-state index in [2.05, 4.69) is 5.32 Å². The van der Waals surface area contributed by atoms with E-state index in [-0.39, 0.29) is 23.3 Å². The molecular formula is C11H20N2O2. The smallest absolute Gasteiger partial charge is 0.222 e. The van der Waals surface area contributed by atoms with Crippen LogP contribution in [0.4, 0.5) is 0 Å². The zero-order valence-electron chi connectivity index (χ0n) is 9.29. The van der Waals surface area contributed by atoms with Crippen molar-refractivity contribution < 1.29 is 9.53 Å². The second kappa shape index (κ2) is 4.10. The molecule has 0 bridgehead atoms. The normalized spacial score (nSPS) is 40.9. The number of rotatable bonds is 2. The molecule has 86 valence electrons. The lowest BCUT2D eigenvalue weighted by Crippen LogP contribution is -2.49. The molecule has 1 spiro atoms. The quantitative estimate of drug-likeness (QED) is 0.690. The fraction of sp³-hybridized carbons (Fsp3) is 0.909. The molecular weight excluding hydrogens is 192 g/mol. The van der Waals surface area contributed by atoms with Crippen molar-refractivity contribution in [3.63, 3.8) is 0 Å². The standard InChI is InChI=1S/C11H20N2O2/c1-15-9-4-2-3-5-11(9)7-13-6-8(11)10(12)14/h8-9,13H,2-7H2,1H3,(H2,12,14). The molecule has 2 fully saturated rings. The first-order valence-corrected chi connectivity index (χ1v) is 5.73. The minimum Gasteiger partial charge on any atom is -0.381 e. The summed E-state index contributed by atoms with van der Waals surface area (Å²) in [5.74, 6) is -0.230. The van der Waals surface area contributed by atoms with Crippen LogP contribution in [0, 0.1) is 11.3 Å². The van der Waals surface area contributed by atoms with Gasteiger partial charge in [-0.15, -0.1) is 0 Å². The van der Waals surface area contributed by atoms with E-state index in [1.807, 2.05) is 0 Å². The summed E-state index contributed by atoms with van der Waals surface area (Å²) >= 11 is 0. The molecule has 1 aliphatic heterocycles. The van der Waals surface area contributed by atoms with Crippen LogP contribution >= 0.6 is 0 Å². The molecule has 0 radical (unpaired) electrons. The molecule has 2 rings (SSSR count). The zero-order valence-corrected chi connectivity index (χ0v) is 9.29. The Bertz CT molecular complexity index is 257. The van der Waals surface area contributed by atoms with Gasteiger partial charge in [-0.05, 0) is 12.8 Å². The molecule has 4 heteroatoms. The average Bonchev–Trinajstić information content (AvgIpc) is 2.63. The number of ether oxygens (including phenoxy) is 1. The van der Waals surface area contributed by atoms with E-state index in [4.69, 9.17) is 10.5 Å². The first-order valence-electron chi connectivity index (χ1n) is 5.73. The second-order valence-corrected chi connectivity index (χ2v) is 4.79. The Morgan fingerprint density at radius 2 is 2.33 bits per heavy atom. The molecule has 2 aliphatic rings. The highest BCUT2D eigenvalue weighted by Crippen LogP contribution is 2.46. The molecule has 0 aromatic carbocycles. The maximum Gasteiger partial charge on any atom is 0.222 e. The molecule has 4 nitrogen and oxygen atoms in total. The van der Waals surface area contributed by atoms with Crippen LogP contribution in [-0.4, -0.2) is 32.2 Å². The lowest BCUT2D eigenvalue weighted by atomic mass is 9.65. The van der Waals surface area contributed by atoms with Crippen LogP contribution in [0.2, 0.25) is 0 Å². The lowest BCUT2D eigenvalue weighted by Gasteiger charge is -2.43. The zero-order chi connectivity index (χ0) is 10.9. The Hall–Kier alpha value is -0.610. The maximum absolute atomic E-state index is 11.5. The van der Waals surface area contributed by atoms with Gasteiger partial charge in [0.05, 0.1) is 12.0 Å². The summed E-state index contributed by atoms with van der Waals surface area (Å²) in [7, 11) is 1.74. The number of carbonyl (C=O) groups is 1. The highest BCUT2D eigenvalue weighted by molar-refractivity contribution is 5.78. The number of amides is 1. The van der Waals surface area contributed by atoms with E-state index in [0.29, 0.717) is 0 Å². The Morgan fingerprint density at radius 3 is 3.00 bits per heavy atom. The van der Waals surface area contributed by atoms with Crippen LogP contribution in [0.25, 0.3) is 0 Å². The molecule has 3 atom stereocenters. The minimum atomic E-state index is -0.177. The summed E-state index contributed by atoms with van der Waals surface area (Å²) < 4.78 is 5.56. The van der Waals surface area contributed by atoms with Gasteiger partial charge in [-0.3, -0.25) is 4.79 Å². The predicted molar refractivity (Wildman–Crippen MR) is 57.3 cm³/mol. The van der Waals surface area contributed by atoms with Crippen LogP contribution < -0.4 is 11.1 Å². The first-order chi connectivity index (χ1) is 7.20. The number of primary amides is 1. The van der Waals surface area contributed by atoms with E-state index in [0.717, 1.165) is 25.9 Å². The third-order valence-electron chi connectivity index (χ3n) is 4.12. The molecule has 1 aliphatic carbocycles. The SMILES string of the molecule is COC1CCCCC12CNCC2C(N)=O. The van der Waals surface area contributed by atoms with Crippen molar-refractivity contribution in [3.8, 4) is 0 Å². The summed E-state index contributed by atoms with van der Waals surface area (Å²) in [6, 6.07) is 0. The van der Waals surface area contributed by atoms with Crippen molar-refractivity contribution in [2.75, 3.05) is 20.2 Å². The number of nitrogens with one attached hydrogen (secondary N) is 1. The van der Waals surface area contributed by atoms with Crippen molar-refractivity contribution in [2.24, 2.45) is 17.1 Å². The molecule has 1 saturated carbocycles. The molecule has 1 saturated heterocycles. The van der Waals surface area contributed by atoms with Crippen molar-refractivity contribution in [2.45, 2.75) is 31.8 Å². The number of methoxy groups -OCH3 is 1. The number of carbonyl (C=O) groups excluding carboxylic acids is 1. The van der Waals surface area contributed by atoms with E-state index >= 15 is 0 Å². The predicted octanol–water partition coefficient (Wildman–Crippen LogP) is 0.267. The van der Waals surface area contributed by atoms with Gasteiger partial charge in [0, 0.05) is 25.6 Å². The van der Waals surface area contributed by atoms with Crippen molar-refractivity contribution in [3.05, 3.63) is 0 Å². The average molecular weight is 212 g/mol. The molecule has 3 unspecified atom stereocenters. The Kier molecular flexibility index (Phi) is 2.98. The molecule has 1 heterocycles. The van der Waals surface area contributed by atoms with Crippen molar-refractivity contribution >= 4 is 5.91 Å². The van der Waals surface area contributed by atoms with E-state index in [9.17, 15) is 4.79 Å². The molecule has 15 heavy (non-hydrogen) atoms. The highest BCUT2D eigenvalue weighted by atomic mass is 16.5. The van der Waals surface area contributed by atoms with Crippen LogP contribution in [0.1, 0.15) is 25.7 Å². The number of hydrogen-bond donors (Lipinski definition) is 2. The maximum atomic E-state index is 11.5. The van der Waals surface area contributed by atoms with Gasteiger partial charge in [-0.1, -0.05) is 12.8 Å². The molecule has 0 aromatic heterocycles. The first kappa shape index (κ1) is 10.9. The Labute approximate surface area is 90.5 Å². The third-order valence-corrected chi connectivity index (χ3v) is 4.12. The fourth-order valence-corrected chi connectivity index (χ4v) is 3.35. The topological polar surface area (TPSA) is 64.3 Å². The largest absolute Gasteiger partial charge is 0.381 e. The molecule has 3 N–H and O–H groups in total. The fourth-order valence-electron chi connectivity index (χ4n) is 3.35. The number of nitrogens with two attached hydrogens (primary N) is 1. The van der Waals surface area contributed by atoms with Crippen LogP contribution in [0.5, 0.6) is 0 Å². The Morgan fingerprint density at radius 1 is 1.53 bits per heavy atom. The summed E-state index contributed by atoms with van der Waals surface area (Å²) in [6.45, 7) is 1.59. The van der Waals surface area contributed by atoms with Crippen LogP contribution in [0.15, 0.2) is 0 Å². The number of hydrogen-bond acceptors (Lipinski definition) is 3. The lowest BCUT2D eigenvalue weighted by molar-refractivity contribution is -0.131. The monoisotopic (exact) mass is 212 g/mol. The van der Waals surface area contributed by atoms with E-state index in [1.54, 1.807) is 7.11 Å². The van der Waals surface area contributed by atoms with Crippen LogP contribution in [-0.2, 0) is 9.53 Å². The summed E-state index contributed by atoms with van der Waals surface area (Å²) in [5, 5.41) is 3.30. The van der Waals surface area contributed by atoms with Gasteiger partial charge >= 0.3 is 0 Å². The van der Waals surface area contributed by atoms with Crippen LogP contribution in [0.3, 0.4) is 0 Å². The van der Waals surface area contributed by atoms with Gasteiger partial charge in [-0.25, -0.2) is 0 Å². The second-order valence-electron chi connectivity index (χ2n) is 4.79. The summed E-state index contributed by atoms with van der Waals surface area (Å²) in [6.07, 6.45) is 4.70. The van der Waals surface area contributed by atoms with E-state index < -0.39 is 0 Å².